The third-order valence-electron chi connectivity index (χ3n) is 4.15. The van der Waals surface area contributed by atoms with Gasteiger partial charge in [0.15, 0.2) is 4.34 Å². The lowest BCUT2D eigenvalue weighted by atomic mass is 10.2. The van der Waals surface area contributed by atoms with E-state index in [0.717, 1.165) is 21.4 Å². The van der Waals surface area contributed by atoms with E-state index in [0.29, 0.717) is 24.4 Å². The molecule has 1 N–H and O–H groups in total. The number of amides is 1. The molecule has 0 radical (unpaired) electrons. The molecule has 2 aromatic heterocycles. The largest absolute Gasteiger partial charge is 0.352 e. The van der Waals surface area contributed by atoms with Crippen LogP contribution in [0, 0.1) is 30.9 Å². The Morgan fingerprint density at radius 1 is 1.28 bits per heavy atom. The van der Waals surface area contributed by atoms with Gasteiger partial charge in [0.2, 0.25) is 0 Å². The van der Waals surface area contributed by atoms with Gasteiger partial charge in [0.05, 0.1) is 15.5 Å². The lowest BCUT2D eigenvalue weighted by Gasteiger charge is -2.08. The molecule has 0 aliphatic rings. The number of nitro groups is 1. The first-order valence-electron chi connectivity index (χ1n) is 9.01. The first-order chi connectivity index (χ1) is 13.8. The normalized spacial score (nSPS) is 10.9. The zero-order chi connectivity index (χ0) is 21.0. The summed E-state index contributed by atoms with van der Waals surface area (Å²) in [5, 5.41) is 20.6. The Kier molecular flexibility index (Phi) is 6.65. The zero-order valence-electron chi connectivity index (χ0n) is 16.3. The van der Waals surface area contributed by atoms with Crippen LogP contribution < -0.4 is 5.32 Å². The molecule has 152 valence electrons. The first-order valence-corrected chi connectivity index (χ1v) is 10.7. The van der Waals surface area contributed by atoms with Gasteiger partial charge in [-0.2, -0.15) is 5.10 Å². The Balaban J connectivity index is 1.61. The minimum absolute atomic E-state index is 0.0989. The second kappa shape index (κ2) is 9.19. The van der Waals surface area contributed by atoms with Crippen LogP contribution in [-0.2, 0) is 6.54 Å². The van der Waals surface area contributed by atoms with Crippen molar-refractivity contribution in [3.8, 4) is 0 Å². The first kappa shape index (κ1) is 21.0. The fourth-order valence-corrected chi connectivity index (χ4v) is 4.67. The molecule has 8 nitrogen and oxygen atoms in total. The summed E-state index contributed by atoms with van der Waals surface area (Å²) < 4.78 is 2.63. The van der Waals surface area contributed by atoms with Gasteiger partial charge in [-0.05, 0) is 45.4 Å². The topological polar surface area (TPSA) is 103 Å². The van der Waals surface area contributed by atoms with Gasteiger partial charge in [0.1, 0.15) is 0 Å². The number of hydrogen-bond acceptors (Lipinski definition) is 7. The van der Waals surface area contributed by atoms with E-state index < -0.39 is 4.92 Å². The highest BCUT2D eigenvalue weighted by Crippen LogP contribution is 2.36. The molecule has 0 aliphatic heterocycles. The predicted molar refractivity (Wildman–Crippen MR) is 113 cm³/mol. The van der Waals surface area contributed by atoms with Crippen LogP contribution in [0.15, 0.2) is 38.9 Å². The molecule has 0 saturated heterocycles. The molecule has 0 saturated carbocycles. The minimum atomic E-state index is -0.470. The number of thiazole rings is 1. The van der Waals surface area contributed by atoms with Crippen molar-refractivity contribution in [2.75, 3.05) is 6.54 Å². The van der Waals surface area contributed by atoms with Crippen molar-refractivity contribution < 1.29 is 9.72 Å². The molecule has 3 rings (SSSR count). The molecule has 0 aliphatic carbocycles. The van der Waals surface area contributed by atoms with Gasteiger partial charge in [0.25, 0.3) is 11.6 Å². The molecule has 1 amide bonds. The van der Waals surface area contributed by atoms with Crippen molar-refractivity contribution >= 4 is 34.7 Å². The van der Waals surface area contributed by atoms with Crippen molar-refractivity contribution in [1.29, 1.82) is 0 Å². The molecule has 0 fully saturated rings. The van der Waals surface area contributed by atoms with E-state index in [9.17, 15) is 14.9 Å². The second-order valence-electron chi connectivity index (χ2n) is 6.56. The zero-order valence-corrected chi connectivity index (χ0v) is 18.0. The monoisotopic (exact) mass is 431 g/mol. The number of carbonyl (C=O) groups is 1. The van der Waals surface area contributed by atoms with E-state index in [2.05, 4.69) is 15.4 Å². The molecule has 0 spiro atoms. The fraction of sp³-hybridized carbons (Fsp3) is 0.316. The molecule has 0 unspecified atom stereocenters. The number of hydrogen-bond donors (Lipinski definition) is 1. The van der Waals surface area contributed by atoms with Crippen molar-refractivity contribution in [1.82, 2.24) is 20.1 Å². The van der Waals surface area contributed by atoms with Crippen LogP contribution >= 0.6 is 23.1 Å². The summed E-state index contributed by atoms with van der Waals surface area (Å²) in [7, 11) is 0. The quantitative estimate of drug-likeness (QED) is 0.327. The third kappa shape index (κ3) is 5.42. The Morgan fingerprint density at radius 3 is 2.69 bits per heavy atom. The Hall–Kier alpha value is -2.72. The van der Waals surface area contributed by atoms with Gasteiger partial charge in [-0.25, -0.2) is 4.98 Å². The van der Waals surface area contributed by atoms with Crippen LogP contribution in [0.2, 0.25) is 0 Å². The second-order valence-corrected chi connectivity index (χ2v) is 8.70. The van der Waals surface area contributed by atoms with Gasteiger partial charge in [-0.3, -0.25) is 19.6 Å². The molecule has 10 heteroatoms. The van der Waals surface area contributed by atoms with Crippen molar-refractivity contribution in [3.05, 3.63) is 62.4 Å². The van der Waals surface area contributed by atoms with E-state index in [1.54, 1.807) is 12.1 Å². The molecule has 2 heterocycles. The van der Waals surface area contributed by atoms with Crippen LogP contribution in [0.5, 0.6) is 0 Å². The fourth-order valence-electron chi connectivity index (χ4n) is 2.80. The summed E-state index contributed by atoms with van der Waals surface area (Å²) in [6.45, 7) is 6.96. The molecule has 29 heavy (non-hydrogen) atoms. The number of carbonyl (C=O) groups excluding carboxylic acids is 1. The Bertz CT molecular complexity index is 1040. The number of nitrogens with one attached hydrogen (secondary N) is 1. The molecule has 1 aromatic carbocycles. The highest BCUT2D eigenvalue weighted by Gasteiger charge is 2.19. The van der Waals surface area contributed by atoms with Crippen LogP contribution in [0.25, 0.3) is 0 Å². The molecule has 0 bridgehead atoms. The number of rotatable bonds is 8. The maximum atomic E-state index is 12.4. The van der Waals surface area contributed by atoms with Gasteiger partial charge in [-0.15, -0.1) is 11.3 Å². The lowest BCUT2D eigenvalue weighted by Crippen LogP contribution is -2.25. The number of nitrogens with zero attached hydrogens (tertiary/aromatic N) is 4. The van der Waals surface area contributed by atoms with E-state index in [4.69, 9.17) is 0 Å². The standard InChI is InChI=1S/C19H21N5O3S2/c1-12-9-14(3)23(22-12)8-4-7-20-18(25)15-5-6-17(16(10-15)24(26)27)29-19-21-13(2)11-28-19/h5-6,9-11H,4,7-8H2,1-3H3,(H,20,25). The summed E-state index contributed by atoms with van der Waals surface area (Å²) in [5.74, 6) is -0.330. The van der Waals surface area contributed by atoms with Gasteiger partial charge in [-0.1, -0.05) is 11.8 Å². The number of nitro benzene ring substituents is 1. The maximum Gasteiger partial charge on any atom is 0.284 e. The summed E-state index contributed by atoms with van der Waals surface area (Å²) in [6.07, 6.45) is 0.715. The highest BCUT2D eigenvalue weighted by atomic mass is 32.2. The maximum absolute atomic E-state index is 12.4. The predicted octanol–water partition coefficient (Wildman–Crippen LogP) is 4.14. The molecular weight excluding hydrogens is 410 g/mol. The van der Waals surface area contributed by atoms with Gasteiger partial charge in [0, 0.05) is 41.5 Å². The van der Waals surface area contributed by atoms with Crippen LogP contribution in [0.3, 0.4) is 0 Å². The Morgan fingerprint density at radius 2 is 2.07 bits per heavy atom. The van der Waals surface area contributed by atoms with E-state index >= 15 is 0 Å². The molecule has 0 atom stereocenters. The van der Waals surface area contributed by atoms with Gasteiger partial charge >= 0.3 is 0 Å². The van der Waals surface area contributed by atoms with Crippen molar-refractivity contribution in [2.45, 2.75) is 43.0 Å². The number of benzene rings is 1. The average molecular weight is 432 g/mol. The Labute approximate surface area is 176 Å². The van der Waals surface area contributed by atoms with E-state index in [1.807, 2.05) is 36.9 Å². The summed E-state index contributed by atoms with van der Waals surface area (Å²) in [5.41, 5.74) is 3.08. The van der Waals surface area contributed by atoms with Crippen LogP contribution in [0.1, 0.15) is 33.9 Å². The third-order valence-corrected chi connectivity index (χ3v) is 6.27. The van der Waals surface area contributed by atoms with Crippen molar-refractivity contribution in [2.24, 2.45) is 0 Å². The smallest absolute Gasteiger partial charge is 0.284 e. The van der Waals surface area contributed by atoms with Crippen molar-refractivity contribution in [3.63, 3.8) is 0 Å². The minimum Gasteiger partial charge on any atom is -0.352 e. The van der Waals surface area contributed by atoms with Gasteiger partial charge < -0.3 is 5.32 Å². The lowest BCUT2D eigenvalue weighted by molar-refractivity contribution is -0.387. The highest BCUT2D eigenvalue weighted by molar-refractivity contribution is 8.01. The summed E-state index contributed by atoms with van der Waals surface area (Å²) in [4.78, 5) is 28.2. The number of aromatic nitrogens is 3. The summed E-state index contributed by atoms with van der Waals surface area (Å²) in [6, 6.07) is 6.53. The SMILES string of the molecule is Cc1csc(Sc2ccc(C(=O)NCCCn3nc(C)cc3C)cc2[N+](=O)[O-])n1. The van der Waals surface area contributed by atoms with Crippen LogP contribution in [0.4, 0.5) is 5.69 Å². The average Bonchev–Trinajstić information content (AvgIpc) is 3.22. The van der Waals surface area contributed by atoms with Crippen LogP contribution in [-0.4, -0.2) is 32.1 Å². The van der Waals surface area contributed by atoms with E-state index in [1.165, 1.54) is 29.2 Å². The molecular formula is C19H21N5O3S2. The van der Waals surface area contributed by atoms with E-state index in [-0.39, 0.29) is 17.2 Å². The summed E-state index contributed by atoms with van der Waals surface area (Å²) >= 11 is 2.66. The number of aryl methyl sites for hydroxylation is 4. The molecule has 3 aromatic rings.